The second kappa shape index (κ2) is 14.0. The molecular formula is C45H53NO6. The number of hydrogen-bond donors (Lipinski definition) is 6. The molecule has 3 spiro atoms. The van der Waals surface area contributed by atoms with Gasteiger partial charge < -0.3 is 35.6 Å². The Morgan fingerprint density at radius 2 is 1.35 bits per heavy atom. The first-order valence-electron chi connectivity index (χ1n) is 19.6. The second-order valence-corrected chi connectivity index (χ2v) is 16.3. The lowest BCUT2D eigenvalue weighted by atomic mass is 9.47. The van der Waals surface area contributed by atoms with Crippen LogP contribution in [0.3, 0.4) is 0 Å². The number of ether oxygens (including phenoxy) is 1. The van der Waals surface area contributed by atoms with Gasteiger partial charge in [-0.25, -0.2) is 0 Å². The maximum Gasteiger partial charge on any atom is 0.169 e. The van der Waals surface area contributed by atoms with Crippen molar-refractivity contribution in [2.75, 3.05) is 6.61 Å². The summed E-state index contributed by atoms with van der Waals surface area (Å²) in [5.41, 5.74) is 5.04. The molecular weight excluding hydrogens is 650 g/mol. The van der Waals surface area contributed by atoms with Gasteiger partial charge in [0.15, 0.2) is 23.0 Å². The van der Waals surface area contributed by atoms with Gasteiger partial charge in [-0.1, -0.05) is 86.7 Å². The van der Waals surface area contributed by atoms with Crippen molar-refractivity contribution in [3.05, 3.63) is 88.5 Å². The third-order valence-electron chi connectivity index (χ3n) is 13.6. The van der Waals surface area contributed by atoms with Crippen molar-refractivity contribution >= 4 is 22.9 Å². The standard InChI is InChI=1S/C45H53NO6/c47-37-18-15-31(27-39(37)49)14-16-34-35-7-5-8-38(48)40(35)42(51)41(50)36(34)17-13-30-9-11-32(12-10-30)29-46-33-19-26-52-45(28-33)43(20-1-2-21-43)24-6-25-44(45)22-3-4-23-44/h5,7-12,14-16,18,27,33,46-51H,1-4,6,13,17,19-26,28-29H2. The van der Waals surface area contributed by atoms with Gasteiger partial charge in [0.2, 0.25) is 0 Å². The number of phenols is 5. The number of rotatable bonds is 8. The number of fused-ring (bicyclic) bond motifs is 3. The zero-order chi connectivity index (χ0) is 35.9. The van der Waals surface area contributed by atoms with Crippen LogP contribution in [-0.2, 0) is 24.1 Å². The Balaban J connectivity index is 0.979. The van der Waals surface area contributed by atoms with E-state index in [9.17, 15) is 25.5 Å². The van der Waals surface area contributed by atoms with E-state index >= 15 is 0 Å². The topological polar surface area (TPSA) is 122 Å². The van der Waals surface area contributed by atoms with Crippen molar-refractivity contribution in [1.82, 2.24) is 5.32 Å². The first-order valence-corrected chi connectivity index (χ1v) is 19.6. The predicted octanol–water partition coefficient (Wildman–Crippen LogP) is 9.64. The zero-order valence-electron chi connectivity index (χ0n) is 30.2. The highest BCUT2D eigenvalue weighted by molar-refractivity contribution is 6.03. The molecule has 0 bridgehead atoms. The molecule has 6 N–H and O–H groups in total. The number of aryl methyl sites for hydroxylation is 1. The summed E-state index contributed by atoms with van der Waals surface area (Å²) in [5.74, 6) is -1.15. The number of aromatic hydroxyl groups is 5. The Morgan fingerprint density at radius 3 is 2.04 bits per heavy atom. The van der Waals surface area contributed by atoms with Crippen molar-refractivity contribution in [2.24, 2.45) is 10.8 Å². The Hall–Kier alpha value is -4.20. The average molecular weight is 704 g/mol. The molecule has 0 radical (unpaired) electrons. The second-order valence-electron chi connectivity index (χ2n) is 16.3. The van der Waals surface area contributed by atoms with Crippen LogP contribution in [0.2, 0.25) is 0 Å². The molecule has 3 saturated carbocycles. The number of phenolic OH excluding ortho intramolecular Hbond substituents is 5. The molecule has 7 heteroatoms. The normalized spacial score (nSPS) is 22.0. The summed E-state index contributed by atoms with van der Waals surface area (Å²) in [4.78, 5) is 0. The van der Waals surface area contributed by atoms with E-state index in [4.69, 9.17) is 4.74 Å². The van der Waals surface area contributed by atoms with E-state index < -0.39 is 0 Å². The molecule has 274 valence electrons. The molecule has 4 aliphatic rings. The monoisotopic (exact) mass is 703 g/mol. The van der Waals surface area contributed by atoms with Crippen LogP contribution in [-0.4, -0.2) is 43.8 Å². The largest absolute Gasteiger partial charge is 0.507 e. The van der Waals surface area contributed by atoms with E-state index in [1.807, 2.05) is 12.1 Å². The summed E-state index contributed by atoms with van der Waals surface area (Å²) in [6.07, 6.45) is 21.8. The van der Waals surface area contributed by atoms with Crippen molar-refractivity contribution in [3.8, 4) is 28.7 Å². The smallest absolute Gasteiger partial charge is 0.169 e. The molecule has 4 aromatic rings. The lowest BCUT2D eigenvalue weighted by Crippen LogP contribution is -2.66. The molecule has 1 saturated heterocycles. The fourth-order valence-electron chi connectivity index (χ4n) is 11.1. The first-order chi connectivity index (χ1) is 25.2. The molecule has 0 amide bonds. The summed E-state index contributed by atoms with van der Waals surface area (Å²) in [6, 6.07) is 18.7. The summed E-state index contributed by atoms with van der Waals surface area (Å²) in [7, 11) is 0. The molecule has 7 nitrogen and oxygen atoms in total. The molecule has 1 atom stereocenters. The average Bonchev–Trinajstić information content (AvgIpc) is 3.84. The summed E-state index contributed by atoms with van der Waals surface area (Å²) < 4.78 is 7.13. The van der Waals surface area contributed by atoms with Crippen molar-refractivity contribution in [2.45, 2.75) is 114 Å². The minimum atomic E-state index is -0.343. The van der Waals surface area contributed by atoms with Gasteiger partial charge in [-0.05, 0) is 110 Å². The minimum Gasteiger partial charge on any atom is -0.507 e. The summed E-state index contributed by atoms with van der Waals surface area (Å²) >= 11 is 0. The van der Waals surface area contributed by atoms with E-state index in [1.54, 1.807) is 18.2 Å². The Labute approximate surface area is 307 Å². The van der Waals surface area contributed by atoms with Crippen LogP contribution in [0.4, 0.5) is 0 Å². The van der Waals surface area contributed by atoms with Gasteiger partial charge >= 0.3 is 0 Å². The predicted molar refractivity (Wildman–Crippen MR) is 206 cm³/mol. The number of hydrogen-bond acceptors (Lipinski definition) is 7. The number of benzene rings is 4. The molecule has 1 heterocycles. The van der Waals surface area contributed by atoms with E-state index in [0.29, 0.717) is 51.8 Å². The molecule has 52 heavy (non-hydrogen) atoms. The fourth-order valence-corrected chi connectivity index (χ4v) is 11.1. The zero-order valence-corrected chi connectivity index (χ0v) is 30.2. The van der Waals surface area contributed by atoms with Crippen LogP contribution in [0.15, 0.2) is 60.7 Å². The summed E-state index contributed by atoms with van der Waals surface area (Å²) in [5, 5.41) is 57.3. The quantitative estimate of drug-likeness (QED) is 0.0798. The fraction of sp³-hybridized carbons (Fsp3) is 0.467. The van der Waals surface area contributed by atoms with Gasteiger partial charge in [-0.3, -0.25) is 0 Å². The first kappa shape index (κ1) is 34.9. The van der Waals surface area contributed by atoms with Gasteiger partial charge in [-0.2, -0.15) is 0 Å². The van der Waals surface area contributed by atoms with Crippen LogP contribution < -0.4 is 5.32 Å². The third-order valence-corrected chi connectivity index (χ3v) is 13.6. The molecule has 4 fully saturated rings. The van der Waals surface area contributed by atoms with Gasteiger partial charge in [0.25, 0.3) is 0 Å². The third kappa shape index (κ3) is 6.00. The highest BCUT2D eigenvalue weighted by Crippen LogP contribution is 2.69. The van der Waals surface area contributed by atoms with E-state index in [-0.39, 0.29) is 39.7 Å². The SMILES string of the molecule is Oc1ccc(C=Cc2c(CCc3ccc(CNC4CCOC5(C4)C4(CCCC4)CCCC54CCCC4)cc3)c(O)c(O)c3c(O)cccc23)cc1O. The van der Waals surface area contributed by atoms with Gasteiger partial charge in [0.1, 0.15) is 5.75 Å². The lowest BCUT2D eigenvalue weighted by molar-refractivity contribution is -0.254. The maximum absolute atomic E-state index is 11.2. The summed E-state index contributed by atoms with van der Waals surface area (Å²) in [6.45, 7) is 1.69. The molecule has 8 rings (SSSR count). The van der Waals surface area contributed by atoms with E-state index in [2.05, 4.69) is 29.6 Å². The Bertz CT molecular complexity index is 1930. The number of nitrogens with one attached hydrogen (secondary N) is 1. The van der Waals surface area contributed by atoms with Crippen LogP contribution in [0.25, 0.3) is 22.9 Å². The van der Waals surface area contributed by atoms with Crippen LogP contribution in [0.5, 0.6) is 28.7 Å². The minimum absolute atomic E-state index is 0.0341. The van der Waals surface area contributed by atoms with Crippen LogP contribution in [0, 0.1) is 10.8 Å². The van der Waals surface area contributed by atoms with Gasteiger partial charge in [-0.15, -0.1) is 0 Å². The molecule has 1 aliphatic heterocycles. The van der Waals surface area contributed by atoms with Crippen molar-refractivity contribution in [3.63, 3.8) is 0 Å². The lowest BCUT2D eigenvalue weighted by Gasteiger charge is -2.64. The van der Waals surface area contributed by atoms with E-state index in [1.165, 1.54) is 94.4 Å². The highest BCUT2D eigenvalue weighted by Gasteiger charge is 2.67. The Kier molecular flexibility index (Phi) is 9.37. The molecule has 4 aromatic carbocycles. The van der Waals surface area contributed by atoms with Crippen molar-refractivity contribution in [1.29, 1.82) is 0 Å². The van der Waals surface area contributed by atoms with Gasteiger partial charge in [0.05, 0.1) is 11.0 Å². The maximum atomic E-state index is 11.2. The van der Waals surface area contributed by atoms with Crippen molar-refractivity contribution < 1.29 is 30.3 Å². The van der Waals surface area contributed by atoms with E-state index in [0.717, 1.165) is 31.6 Å². The molecule has 0 aromatic heterocycles. The van der Waals surface area contributed by atoms with Crippen LogP contribution >= 0.6 is 0 Å². The highest BCUT2D eigenvalue weighted by atomic mass is 16.5. The molecule has 1 unspecified atom stereocenters. The Morgan fingerprint density at radius 1 is 0.673 bits per heavy atom. The van der Waals surface area contributed by atoms with Crippen LogP contribution in [0.1, 0.15) is 111 Å². The van der Waals surface area contributed by atoms with Gasteiger partial charge in [0, 0.05) is 35.6 Å². The molecule has 3 aliphatic carbocycles.